The van der Waals surface area contributed by atoms with E-state index in [1.807, 2.05) is 0 Å². The van der Waals surface area contributed by atoms with Gasteiger partial charge in [-0.05, 0) is 0 Å². The predicted molar refractivity (Wildman–Crippen MR) is 45.9 cm³/mol. The van der Waals surface area contributed by atoms with E-state index in [0.29, 0.717) is 12.3 Å². The average molecular weight is 183 g/mol. The molecule has 70 valence electrons. The number of hydroxylamine groups is 3. The molecule has 0 bridgehead atoms. The molecule has 1 aliphatic rings. The van der Waals surface area contributed by atoms with Crippen LogP contribution in [0.4, 0.5) is 0 Å². The van der Waals surface area contributed by atoms with Crippen LogP contribution in [0.3, 0.4) is 0 Å². The number of hydrogen-bond donors (Lipinski definition) is 2. The van der Waals surface area contributed by atoms with Crippen molar-refractivity contribution in [2.75, 3.05) is 6.54 Å². The normalized spacial score (nSPS) is 25.8. The molecule has 0 aromatic heterocycles. The van der Waals surface area contributed by atoms with Gasteiger partial charge >= 0.3 is 5.97 Å². The lowest BCUT2D eigenvalue weighted by Crippen LogP contribution is -2.46. The van der Waals surface area contributed by atoms with Crippen LogP contribution in [0.1, 0.15) is 6.42 Å². The van der Waals surface area contributed by atoms with E-state index in [0.717, 1.165) is 0 Å². The molecule has 0 aliphatic carbocycles. The third-order valence-corrected chi connectivity index (χ3v) is 1.69. The molecule has 1 atom stereocenters. The molecule has 1 aliphatic heterocycles. The molecule has 5 nitrogen and oxygen atoms in total. The quantitative estimate of drug-likeness (QED) is 0.498. The zero-order valence-corrected chi connectivity index (χ0v) is 7.05. The first kappa shape index (κ1) is 9.63. The molecule has 2 N–H and O–H groups in total. The summed E-state index contributed by atoms with van der Waals surface area (Å²) in [7, 11) is 0. The Labute approximate surface area is 75.5 Å². The largest absolute Gasteiger partial charge is 0.477 e. The molecule has 0 aromatic rings. The number of aliphatic imine (C=N–C) groups is 1. The lowest BCUT2D eigenvalue weighted by molar-refractivity contribution is -0.982. The lowest BCUT2D eigenvalue weighted by atomic mass is 10.3. The Morgan fingerprint density at radius 1 is 1.77 bits per heavy atom. The van der Waals surface area contributed by atoms with Gasteiger partial charge in [0.2, 0.25) is 12.4 Å². The summed E-state index contributed by atoms with van der Waals surface area (Å²) in [5, 5.41) is 18.3. The van der Waals surface area contributed by atoms with Crippen LogP contribution in [0.2, 0.25) is 0 Å². The first-order valence-corrected chi connectivity index (χ1v) is 3.76. The molecular weight excluding hydrogens is 172 g/mol. The van der Waals surface area contributed by atoms with Gasteiger partial charge in [0.15, 0.2) is 6.20 Å². The molecule has 0 fully saturated rings. The van der Waals surface area contributed by atoms with Crippen LogP contribution < -0.4 is 0 Å². The summed E-state index contributed by atoms with van der Waals surface area (Å²) in [5.41, 5.74) is 0. The van der Waals surface area contributed by atoms with Gasteiger partial charge in [0, 0.05) is 0 Å². The van der Waals surface area contributed by atoms with Crippen molar-refractivity contribution in [3.63, 3.8) is 0 Å². The number of quaternary nitrogens is 1. The summed E-state index contributed by atoms with van der Waals surface area (Å²) < 4.78 is -0.749. The van der Waals surface area contributed by atoms with Crippen molar-refractivity contribution in [1.29, 1.82) is 0 Å². The number of nitrogens with zero attached hydrogens (tertiary/aromatic N) is 2. The summed E-state index contributed by atoms with van der Waals surface area (Å²) in [6, 6.07) is 0. The van der Waals surface area contributed by atoms with Crippen LogP contribution >= 0.6 is 0 Å². The number of carboxylic acid groups (broad SMARTS) is 1. The molecule has 0 amide bonds. The molecule has 5 heteroatoms. The summed E-state index contributed by atoms with van der Waals surface area (Å²) in [6.45, 7) is 3.08. The summed E-state index contributed by atoms with van der Waals surface area (Å²) >= 11 is 0. The highest BCUT2D eigenvalue weighted by atomic mass is 16.6. The van der Waals surface area contributed by atoms with E-state index in [-0.39, 0.29) is 0 Å². The van der Waals surface area contributed by atoms with Gasteiger partial charge in [-0.2, -0.15) is 4.99 Å². The molecule has 13 heavy (non-hydrogen) atoms. The number of hydrogen-bond acceptors (Lipinski definition) is 3. The van der Waals surface area contributed by atoms with Gasteiger partial charge in [0.25, 0.3) is 0 Å². The van der Waals surface area contributed by atoms with Crippen LogP contribution in [0.5, 0.6) is 0 Å². The van der Waals surface area contributed by atoms with Crippen LogP contribution in [-0.2, 0) is 4.79 Å². The minimum atomic E-state index is -1.08. The second-order valence-electron chi connectivity index (χ2n) is 2.71. The predicted octanol–water partition coefficient (Wildman–Crippen LogP) is 0.736. The van der Waals surface area contributed by atoms with Crippen molar-refractivity contribution < 1.29 is 19.8 Å². The number of aliphatic carboxylic acids is 1. The molecular formula is C8H11N2O3+. The van der Waals surface area contributed by atoms with Gasteiger partial charge in [-0.25, -0.2) is 10.0 Å². The molecule has 1 heterocycles. The summed E-state index contributed by atoms with van der Waals surface area (Å²) in [6.07, 6.45) is 4.66. The van der Waals surface area contributed by atoms with E-state index in [1.54, 1.807) is 6.08 Å². The molecule has 0 radical (unpaired) electrons. The maximum atomic E-state index is 10.4. The van der Waals surface area contributed by atoms with E-state index in [1.165, 1.54) is 12.4 Å². The summed E-state index contributed by atoms with van der Waals surface area (Å²) in [4.78, 5) is 14.3. The maximum absolute atomic E-state index is 10.4. The number of rotatable bonds is 4. The Hall–Kier alpha value is -1.46. The fourth-order valence-corrected chi connectivity index (χ4v) is 1.11. The third kappa shape index (κ3) is 2.01. The Morgan fingerprint density at radius 2 is 2.46 bits per heavy atom. The minimum absolute atomic E-state index is 0.372. The number of carbonyl (C=O) groups is 1. The number of amidine groups is 1. The lowest BCUT2D eigenvalue weighted by Gasteiger charge is -2.20. The Morgan fingerprint density at radius 3 is 3.00 bits per heavy atom. The van der Waals surface area contributed by atoms with Crippen LogP contribution in [0.15, 0.2) is 30.0 Å². The zero-order valence-electron chi connectivity index (χ0n) is 7.05. The van der Waals surface area contributed by atoms with Gasteiger partial charge in [-0.1, -0.05) is 10.7 Å². The molecule has 0 aromatic carbocycles. The van der Waals surface area contributed by atoms with Gasteiger partial charge in [0.1, 0.15) is 0 Å². The van der Waals surface area contributed by atoms with Crippen molar-refractivity contribution in [3.8, 4) is 0 Å². The van der Waals surface area contributed by atoms with Crippen LogP contribution in [0.25, 0.3) is 0 Å². The van der Waals surface area contributed by atoms with Crippen molar-refractivity contribution in [2.24, 2.45) is 4.99 Å². The van der Waals surface area contributed by atoms with Crippen LogP contribution in [-0.4, -0.2) is 33.3 Å². The molecule has 0 saturated heterocycles. The maximum Gasteiger partial charge on any atom is 0.363 e. The van der Waals surface area contributed by atoms with Gasteiger partial charge in [-0.15, -0.1) is 6.58 Å². The number of carboxylic acids is 1. The highest BCUT2D eigenvalue weighted by Gasteiger charge is 2.36. The van der Waals surface area contributed by atoms with Gasteiger partial charge in [0.05, 0.1) is 12.6 Å². The second-order valence-corrected chi connectivity index (χ2v) is 2.71. The van der Waals surface area contributed by atoms with Crippen LogP contribution in [0, 0.1) is 0 Å². The standard InChI is InChI=1S/C8H10N2O3/c1-2-3-7-9-4-5-10(7,13)6-8(11)12/h2,4-5,13H,1,3,6H2/p+1. The van der Waals surface area contributed by atoms with Crippen molar-refractivity contribution in [2.45, 2.75) is 6.42 Å². The van der Waals surface area contributed by atoms with Crippen molar-refractivity contribution in [3.05, 3.63) is 25.1 Å². The first-order chi connectivity index (χ1) is 6.08. The zero-order chi connectivity index (χ0) is 9.90. The van der Waals surface area contributed by atoms with Crippen molar-refractivity contribution in [1.82, 2.24) is 0 Å². The fourth-order valence-electron chi connectivity index (χ4n) is 1.11. The van der Waals surface area contributed by atoms with Gasteiger partial charge in [-0.3, -0.25) is 0 Å². The van der Waals surface area contributed by atoms with E-state index in [4.69, 9.17) is 5.11 Å². The Kier molecular flexibility index (Phi) is 2.60. The van der Waals surface area contributed by atoms with E-state index >= 15 is 0 Å². The molecule has 0 saturated carbocycles. The Bertz CT molecular complexity index is 296. The summed E-state index contributed by atoms with van der Waals surface area (Å²) in [5.74, 6) is -0.705. The van der Waals surface area contributed by atoms with Gasteiger partial charge < -0.3 is 5.11 Å². The second kappa shape index (κ2) is 3.51. The third-order valence-electron chi connectivity index (χ3n) is 1.69. The molecule has 1 rings (SSSR count). The van der Waals surface area contributed by atoms with E-state index in [2.05, 4.69) is 11.6 Å². The monoisotopic (exact) mass is 183 g/mol. The van der Waals surface area contributed by atoms with E-state index < -0.39 is 17.2 Å². The first-order valence-electron chi connectivity index (χ1n) is 3.76. The smallest absolute Gasteiger partial charge is 0.363 e. The minimum Gasteiger partial charge on any atom is -0.477 e. The molecule has 1 unspecified atom stereocenters. The van der Waals surface area contributed by atoms with E-state index in [9.17, 15) is 10.0 Å². The Balaban J connectivity index is 2.77. The molecule has 0 spiro atoms. The fraction of sp³-hybridized carbons (Fsp3) is 0.250. The highest BCUT2D eigenvalue weighted by Crippen LogP contribution is 2.15. The highest BCUT2D eigenvalue weighted by molar-refractivity contribution is 5.81. The SMILES string of the molecule is C=CCC1=NC=C[N+]1(O)CC(=O)O. The topological polar surface area (TPSA) is 69.9 Å². The van der Waals surface area contributed by atoms with Crippen molar-refractivity contribution >= 4 is 11.8 Å². The average Bonchev–Trinajstić information content (AvgIpc) is 2.32.